The van der Waals surface area contributed by atoms with Crippen molar-refractivity contribution in [1.29, 1.82) is 0 Å². The zero-order chi connectivity index (χ0) is 13.8. The van der Waals surface area contributed by atoms with Gasteiger partial charge in [-0.15, -0.1) is 5.10 Å². The summed E-state index contributed by atoms with van der Waals surface area (Å²) in [5.74, 6) is 0.738. The number of halogens is 1. The SMILES string of the molecule is CCNC(CC1CC(OCC)C1)c1c(Br)nnn1C. The highest BCUT2D eigenvalue weighted by Crippen LogP contribution is 2.37. The predicted octanol–water partition coefficient (Wildman–Crippen LogP) is 2.43. The quantitative estimate of drug-likeness (QED) is 0.834. The number of aromatic nitrogens is 3. The summed E-state index contributed by atoms with van der Waals surface area (Å²) in [5.41, 5.74) is 1.14. The van der Waals surface area contributed by atoms with E-state index in [0.717, 1.165) is 35.8 Å². The lowest BCUT2D eigenvalue weighted by atomic mass is 9.77. The van der Waals surface area contributed by atoms with Gasteiger partial charge in [0.05, 0.1) is 17.8 Å². The summed E-state index contributed by atoms with van der Waals surface area (Å²) in [6, 6.07) is 0.312. The molecule has 0 spiro atoms. The molecule has 1 saturated carbocycles. The summed E-state index contributed by atoms with van der Waals surface area (Å²) >= 11 is 3.50. The van der Waals surface area contributed by atoms with Crippen LogP contribution < -0.4 is 5.32 Å². The van der Waals surface area contributed by atoms with Crippen molar-refractivity contribution in [2.24, 2.45) is 13.0 Å². The summed E-state index contributed by atoms with van der Waals surface area (Å²) in [6.07, 6.45) is 3.96. The van der Waals surface area contributed by atoms with Gasteiger partial charge >= 0.3 is 0 Å². The molecule has 108 valence electrons. The van der Waals surface area contributed by atoms with E-state index in [2.05, 4.69) is 45.4 Å². The van der Waals surface area contributed by atoms with Gasteiger partial charge in [0, 0.05) is 13.7 Å². The van der Waals surface area contributed by atoms with Gasteiger partial charge in [-0.2, -0.15) is 0 Å². The molecule has 1 atom stereocenters. The van der Waals surface area contributed by atoms with Gasteiger partial charge in [0.2, 0.25) is 0 Å². The molecule has 6 heteroatoms. The molecule has 5 nitrogen and oxygen atoms in total. The monoisotopic (exact) mass is 330 g/mol. The molecule has 1 aromatic heterocycles. The molecule has 1 heterocycles. The highest BCUT2D eigenvalue weighted by Gasteiger charge is 2.33. The van der Waals surface area contributed by atoms with Crippen LogP contribution in [0.1, 0.15) is 44.8 Å². The zero-order valence-corrected chi connectivity index (χ0v) is 13.5. The maximum atomic E-state index is 5.63. The largest absolute Gasteiger partial charge is 0.378 e. The van der Waals surface area contributed by atoms with Gasteiger partial charge in [-0.1, -0.05) is 12.1 Å². The second kappa shape index (κ2) is 6.81. The van der Waals surface area contributed by atoms with Crippen LogP contribution in [0.3, 0.4) is 0 Å². The Morgan fingerprint density at radius 1 is 1.47 bits per heavy atom. The van der Waals surface area contributed by atoms with Crippen LogP contribution in [-0.4, -0.2) is 34.2 Å². The molecule has 1 aliphatic rings. The minimum absolute atomic E-state index is 0.312. The molecule has 1 aliphatic carbocycles. The molecule has 0 bridgehead atoms. The Balaban J connectivity index is 1.94. The van der Waals surface area contributed by atoms with E-state index < -0.39 is 0 Å². The van der Waals surface area contributed by atoms with Crippen LogP contribution in [-0.2, 0) is 11.8 Å². The van der Waals surface area contributed by atoms with Crippen molar-refractivity contribution in [2.75, 3.05) is 13.2 Å². The van der Waals surface area contributed by atoms with Crippen LogP contribution in [0.4, 0.5) is 0 Å². The second-order valence-electron chi connectivity index (χ2n) is 5.15. The molecule has 0 saturated heterocycles. The molecule has 1 unspecified atom stereocenters. The van der Waals surface area contributed by atoms with E-state index in [-0.39, 0.29) is 0 Å². The molecule has 0 amide bonds. The van der Waals surface area contributed by atoms with E-state index in [9.17, 15) is 0 Å². The number of ether oxygens (including phenoxy) is 1. The third-order valence-electron chi connectivity index (χ3n) is 3.77. The Morgan fingerprint density at radius 3 is 2.74 bits per heavy atom. The van der Waals surface area contributed by atoms with Gasteiger partial charge in [0.1, 0.15) is 0 Å². The summed E-state index contributed by atoms with van der Waals surface area (Å²) in [6.45, 7) is 5.97. The predicted molar refractivity (Wildman–Crippen MR) is 77.9 cm³/mol. The highest BCUT2D eigenvalue weighted by atomic mass is 79.9. The van der Waals surface area contributed by atoms with E-state index in [1.54, 1.807) is 0 Å². The fourth-order valence-corrected chi connectivity index (χ4v) is 3.42. The fraction of sp³-hybridized carbons (Fsp3) is 0.846. The van der Waals surface area contributed by atoms with E-state index >= 15 is 0 Å². The molecule has 1 fully saturated rings. The standard InChI is InChI=1S/C13H23BrN4O/c1-4-15-11(12-13(14)16-17-18(12)3)8-9-6-10(7-9)19-5-2/h9-11,15H,4-8H2,1-3H3. The Hall–Kier alpha value is -0.460. The Kier molecular flexibility index (Phi) is 5.36. The van der Waals surface area contributed by atoms with Crippen molar-refractivity contribution >= 4 is 15.9 Å². The van der Waals surface area contributed by atoms with Gasteiger partial charge in [0.25, 0.3) is 0 Å². The topological polar surface area (TPSA) is 52.0 Å². The van der Waals surface area contributed by atoms with Gasteiger partial charge in [-0.3, -0.25) is 0 Å². The number of nitrogens with zero attached hydrogens (tertiary/aromatic N) is 3. The first-order chi connectivity index (χ1) is 9.15. The minimum Gasteiger partial charge on any atom is -0.378 e. The zero-order valence-electron chi connectivity index (χ0n) is 11.9. The van der Waals surface area contributed by atoms with Crippen LogP contribution in [0.5, 0.6) is 0 Å². The molecule has 0 radical (unpaired) electrons. The average molecular weight is 331 g/mol. The summed E-state index contributed by atoms with van der Waals surface area (Å²) in [7, 11) is 1.95. The van der Waals surface area contributed by atoms with Crippen LogP contribution >= 0.6 is 15.9 Å². The van der Waals surface area contributed by atoms with Gasteiger partial charge in [0.15, 0.2) is 4.60 Å². The first kappa shape index (κ1) is 14.9. The third kappa shape index (κ3) is 3.55. The van der Waals surface area contributed by atoms with Crippen molar-refractivity contribution in [1.82, 2.24) is 20.3 Å². The van der Waals surface area contributed by atoms with E-state index in [1.807, 2.05) is 11.7 Å². The number of aryl methyl sites for hydroxylation is 1. The smallest absolute Gasteiger partial charge is 0.153 e. The third-order valence-corrected chi connectivity index (χ3v) is 4.34. The van der Waals surface area contributed by atoms with Crippen LogP contribution in [0.25, 0.3) is 0 Å². The molecular weight excluding hydrogens is 308 g/mol. The number of nitrogens with one attached hydrogen (secondary N) is 1. The average Bonchev–Trinajstić information content (AvgIpc) is 2.65. The van der Waals surface area contributed by atoms with Crippen LogP contribution in [0.2, 0.25) is 0 Å². The second-order valence-corrected chi connectivity index (χ2v) is 5.90. The van der Waals surface area contributed by atoms with Crippen molar-refractivity contribution in [3.63, 3.8) is 0 Å². The first-order valence-electron chi connectivity index (χ1n) is 7.05. The van der Waals surface area contributed by atoms with Gasteiger partial charge in [-0.25, -0.2) is 4.68 Å². The first-order valence-corrected chi connectivity index (χ1v) is 7.85. The molecule has 1 N–H and O–H groups in total. The summed E-state index contributed by atoms with van der Waals surface area (Å²) in [4.78, 5) is 0. The van der Waals surface area contributed by atoms with Gasteiger partial charge < -0.3 is 10.1 Å². The highest BCUT2D eigenvalue weighted by molar-refractivity contribution is 9.10. The summed E-state index contributed by atoms with van der Waals surface area (Å²) < 4.78 is 8.33. The fourth-order valence-electron chi connectivity index (χ4n) is 2.82. The van der Waals surface area contributed by atoms with E-state index in [0.29, 0.717) is 12.1 Å². The Morgan fingerprint density at radius 2 is 2.21 bits per heavy atom. The lowest BCUT2D eigenvalue weighted by Crippen LogP contribution is -2.35. The van der Waals surface area contributed by atoms with Crippen LogP contribution in [0, 0.1) is 5.92 Å². The molecular formula is C13H23BrN4O. The summed E-state index contributed by atoms with van der Waals surface area (Å²) in [5, 5.41) is 11.7. The number of rotatable bonds is 7. The number of hydrogen-bond donors (Lipinski definition) is 1. The Bertz CT molecular complexity index is 384. The van der Waals surface area contributed by atoms with Crippen molar-refractivity contribution in [3.8, 4) is 0 Å². The van der Waals surface area contributed by atoms with E-state index in [1.165, 1.54) is 12.8 Å². The van der Waals surface area contributed by atoms with Gasteiger partial charge in [-0.05, 0) is 54.6 Å². The normalized spacial score (nSPS) is 24.2. The van der Waals surface area contributed by atoms with E-state index in [4.69, 9.17) is 4.74 Å². The number of hydrogen-bond acceptors (Lipinski definition) is 4. The van der Waals surface area contributed by atoms with Crippen LogP contribution in [0.15, 0.2) is 4.60 Å². The lowest BCUT2D eigenvalue weighted by Gasteiger charge is -2.37. The molecule has 19 heavy (non-hydrogen) atoms. The molecule has 0 aromatic carbocycles. The minimum atomic E-state index is 0.312. The maximum absolute atomic E-state index is 5.63. The Labute approximate surface area is 123 Å². The molecule has 0 aliphatic heterocycles. The maximum Gasteiger partial charge on any atom is 0.153 e. The molecule has 2 rings (SSSR count). The lowest BCUT2D eigenvalue weighted by molar-refractivity contribution is -0.0293. The van der Waals surface area contributed by atoms with Crippen molar-refractivity contribution in [2.45, 2.75) is 45.3 Å². The van der Waals surface area contributed by atoms with Crippen molar-refractivity contribution in [3.05, 3.63) is 10.3 Å². The van der Waals surface area contributed by atoms with Crippen molar-refractivity contribution < 1.29 is 4.74 Å². The molecule has 1 aromatic rings.